The third-order valence-electron chi connectivity index (χ3n) is 5.37. The maximum absolute atomic E-state index is 12.7. The molecule has 1 aromatic carbocycles. The van der Waals surface area contributed by atoms with E-state index in [1.54, 1.807) is 18.1 Å². The molecule has 2 fully saturated rings. The van der Waals surface area contributed by atoms with Crippen LogP contribution >= 0.6 is 11.6 Å². The van der Waals surface area contributed by atoms with Gasteiger partial charge in [-0.15, -0.1) is 0 Å². The summed E-state index contributed by atoms with van der Waals surface area (Å²) in [6.07, 6.45) is 0.204. The SMILES string of the molecule is COCCN1C[C@H]2CN(C(=O)Cc3ccccc3Cl)C[C@@]2(C(=O)O)C1. The normalized spacial score (nSPS) is 26.0. The molecule has 2 aliphatic heterocycles. The number of methoxy groups -OCH3 is 1. The van der Waals surface area contributed by atoms with Gasteiger partial charge >= 0.3 is 5.97 Å². The van der Waals surface area contributed by atoms with Crippen molar-refractivity contribution in [2.24, 2.45) is 11.3 Å². The van der Waals surface area contributed by atoms with Gasteiger partial charge in [-0.1, -0.05) is 29.8 Å². The van der Waals surface area contributed by atoms with Crippen LogP contribution in [0, 0.1) is 11.3 Å². The predicted molar refractivity (Wildman–Crippen MR) is 93.6 cm³/mol. The van der Waals surface area contributed by atoms with Crippen LogP contribution in [0.5, 0.6) is 0 Å². The Labute approximate surface area is 152 Å². The highest BCUT2D eigenvalue weighted by molar-refractivity contribution is 6.31. The van der Waals surface area contributed by atoms with Gasteiger partial charge in [0.15, 0.2) is 0 Å². The van der Waals surface area contributed by atoms with Crippen LogP contribution in [0.3, 0.4) is 0 Å². The maximum atomic E-state index is 12.7. The van der Waals surface area contributed by atoms with Crippen molar-refractivity contribution >= 4 is 23.5 Å². The Morgan fingerprint density at radius 3 is 2.72 bits per heavy atom. The molecule has 1 N–H and O–H groups in total. The number of carbonyl (C=O) groups is 2. The molecule has 0 radical (unpaired) electrons. The highest BCUT2D eigenvalue weighted by Gasteiger charge is 2.58. The first-order chi connectivity index (χ1) is 12.0. The number of ether oxygens (including phenoxy) is 1. The minimum absolute atomic E-state index is 0.0444. The van der Waals surface area contributed by atoms with Gasteiger partial charge in [0.05, 0.1) is 13.0 Å². The number of carboxylic acids is 1. The lowest BCUT2D eigenvalue weighted by molar-refractivity contribution is -0.149. The monoisotopic (exact) mass is 366 g/mol. The third kappa shape index (κ3) is 3.52. The largest absolute Gasteiger partial charge is 0.481 e. The van der Waals surface area contributed by atoms with E-state index >= 15 is 0 Å². The maximum Gasteiger partial charge on any atom is 0.313 e. The topological polar surface area (TPSA) is 70.1 Å². The summed E-state index contributed by atoms with van der Waals surface area (Å²) in [6, 6.07) is 7.26. The van der Waals surface area contributed by atoms with E-state index in [4.69, 9.17) is 16.3 Å². The zero-order valence-corrected chi connectivity index (χ0v) is 15.0. The summed E-state index contributed by atoms with van der Waals surface area (Å²) in [5, 5.41) is 10.4. The highest BCUT2D eigenvalue weighted by Crippen LogP contribution is 2.43. The fourth-order valence-electron chi connectivity index (χ4n) is 3.97. The Bertz CT molecular complexity index is 668. The third-order valence-corrected chi connectivity index (χ3v) is 5.74. The Balaban J connectivity index is 1.68. The number of carboxylic acid groups (broad SMARTS) is 1. The second-order valence-electron chi connectivity index (χ2n) is 6.93. The van der Waals surface area contributed by atoms with E-state index in [-0.39, 0.29) is 24.8 Å². The number of hydrogen-bond acceptors (Lipinski definition) is 4. The minimum Gasteiger partial charge on any atom is -0.481 e. The number of nitrogens with zero attached hydrogens (tertiary/aromatic N) is 2. The molecule has 25 heavy (non-hydrogen) atoms. The first-order valence-electron chi connectivity index (χ1n) is 8.42. The number of benzene rings is 1. The molecule has 7 heteroatoms. The zero-order valence-electron chi connectivity index (χ0n) is 14.3. The van der Waals surface area contributed by atoms with E-state index in [0.29, 0.717) is 31.3 Å². The lowest BCUT2D eigenvalue weighted by atomic mass is 9.81. The van der Waals surface area contributed by atoms with Crippen molar-refractivity contribution in [2.45, 2.75) is 6.42 Å². The van der Waals surface area contributed by atoms with Gasteiger partial charge in [0.1, 0.15) is 5.41 Å². The fourth-order valence-corrected chi connectivity index (χ4v) is 4.17. The lowest BCUT2D eigenvalue weighted by Crippen LogP contribution is -2.42. The van der Waals surface area contributed by atoms with Crippen molar-refractivity contribution in [1.29, 1.82) is 0 Å². The van der Waals surface area contributed by atoms with Crippen molar-refractivity contribution in [3.63, 3.8) is 0 Å². The number of rotatable bonds is 6. The molecule has 0 spiro atoms. The summed E-state index contributed by atoms with van der Waals surface area (Å²) in [5.74, 6) is -0.922. The molecular formula is C18H23ClN2O4. The van der Waals surface area contributed by atoms with Gasteiger partial charge < -0.3 is 14.7 Å². The number of amides is 1. The van der Waals surface area contributed by atoms with Crippen LogP contribution in [0.2, 0.25) is 5.02 Å². The number of aliphatic carboxylic acids is 1. The van der Waals surface area contributed by atoms with E-state index in [9.17, 15) is 14.7 Å². The first kappa shape index (κ1) is 18.2. The van der Waals surface area contributed by atoms with Crippen LogP contribution in [0.25, 0.3) is 0 Å². The fraction of sp³-hybridized carbons (Fsp3) is 0.556. The summed E-state index contributed by atoms with van der Waals surface area (Å²) >= 11 is 6.13. The van der Waals surface area contributed by atoms with Gasteiger partial charge in [-0.2, -0.15) is 0 Å². The number of likely N-dealkylation sites (tertiary alicyclic amines) is 2. The van der Waals surface area contributed by atoms with Crippen LogP contribution in [0.1, 0.15) is 5.56 Å². The lowest BCUT2D eigenvalue weighted by Gasteiger charge is -2.25. The minimum atomic E-state index is -0.871. The molecule has 1 aromatic rings. The van der Waals surface area contributed by atoms with E-state index in [1.807, 2.05) is 18.2 Å². The molecule has 2 aliphatic rings. The van der Waals surface area contributed by atoms with Crippen LogP contribution in [0.4, 0.5) is 0 Å². The van der Waals surface area contributed by atoms with Crippen LogP contribution in [0.15, 0.2) is 24.3 Å². The molecule has 2 saturated heterocycles. The molecule has 136 valence electrons. The van der Waals surface area contributed by atoms with Gasteiger partial charge in [0.25, 0.3) is 0 Å². The summed E-state index contributed by atoms with van der Waals surface area (Å²) in [4.78, 5) is 28.5. The molecule has 0 bridgehead atoms. The van der Waals surface area contributed by atoms with Crippen molar-refractivity contribution in [1.82, 2.24) is 9.80 Å². The molecule has 0 unspecified atom stereocenters. The average Bonchev–Trinajstić information content (AvgIpc) is 3.10. The molecule has 1 amide bonds. The van der Waals surface area contributed by atoms with Crippen molar-refractivity contribution in [3.05, 3.63) is 34.9 Å². The molecule has 3 rings (SSSR count). The standard InChI is InChI=1S/C18H23ClN2O4/c1-25-7-6-20-9-14-10-21(12-18(14,11-20)17(23)24)16(22)8-13-4-2-3-5-15(13)19/h2-5,14H,6-12H2,1H3,(H,23,24)/t14-,18-/m0/s1. The van der Waals surface area contributed by atoms with Gasteiger partial charge in [-0.3, -0.25) is 14.5 Å². The smallest absolute Gasteiger partial charge is 0.313 e. The molecule has 6 nitrogen and oxygen atoms in total. The van der Waals surface area contributed by atoms with E-state index in [0.717, 1.165) is 12.1 Å². The predicted octanol–water partition coefficient (Wildman–Crippen LogP) is 1.37. The number of hydrogen-bond donors (Lipinski definition) is 1. The Kier molecular flexibility index (Phi) is 5.32. The number of fused-ring (bicyclic) bond motifs is 1. The van der Waals surface area contributed by atoms with Crippen LogP contribution in [-0.4, -0.2) is 73.2 Å². The van der Waals surface area contributed by atoms with Crippen molar-refractivity contribution in [2.75, 3.05) is 46.4 Å². The average molecular weight is 367 g/mol. The van der Waals surface area contributed by atoms with Crippen LogP contribution < -0.4 is 0 Å². The molecule has 0 aromatic heterocycles. The van der Waals surface area contributed by atoms with E-state index in [1.165, 1.54) is 0 Å². The van der Waals surface area contributed by atoms with Crippen LogP contribution in [-0.2, 0) is 20.7 Å². The second kappa shape index (κ2) is 7.32. The van der Waals surface area contributed by atoms with Gasteiger partial charge in [0, 0.05) is 50.8 Å². The number of halogens is 1. The first-order valence-corrected chi connectivity index (χ1v) is 8.80. The van der Waals surface area contributed by atoms with Crippen molar-refractivity contribution in [3.8, 4) is 0 Å². The molecular weight excluding hydrogens is 344 g/mol. The molecule has 0 aliphatic carbocycles. The highest BCUT2D eigenvalue weighted by atomic mass is 35.5. The summed E-state index contributed by atoms with van der Waals surface area (Å²) in [6.45, 7) is 3.20. The van der Waals surface area contributed by atoms with E-state index < -0.39 is 11.4 Å². The van der Waals surface area contributed by atoms with Gasteiger partial charge in [-0.25, -0.2) is 0 Å². The molecule has 2 atom stereocenters. The summed E-state index contributed by atoms with van der Waals surface area (Å²) in [7, 11) is 1.64. The number of carbonyl (C=O) groups excluding carboxylic acids is 1. The second-order valence-corrected chi connectivity index (χ2v) is 7.34. The van der Waals surface area contributed by atoms with Gasteiger partial charge in [-0.05, 0) is 11.6 Å². The van der Waals surface area contributed by atoms with E-state index in [2.05, 4.69) is 4.90 Å². The Morgan fingerprint density at radius 1 is 1.32 bits per heavy atom. The quantitative estimate of drug-likeness (QED) is 0.823. The Morgan fingerprint density at radius 2 is 2.08 bits per heavy atom. The molecule has 2 heterocycles. The summed E-state index contributed by atoms with van der Waals surface area (Å²) in [5.41, 5.74) is -0.0958. The summed E-state index contributed by atoms with van der Waals surface area (Å²) < 4.78 is 5.09. The van der Waals surface area contributed by atoms with Crippen molar-refractivity contribution < 1.29 is 19.4 Å². The zero-order chi connectivity index (χ0) is 18.0. The Hall–Kier alpha value is -1.63. The molecule has 0 saturated carbocycles. The van der Waals surface area contributed by atoms with Gasteiger partial charge in [0.2, 0.25) is 5.91 Å².